The highest BCUT2D eigenvalue weighted by Gasteiger charge is 2.13. The average Bonchev–Trinajstić information content (AvgIpc) is 2.45. The van der Waals surface area contributed by atoms with E-state index < -0.39 is 0 Å². The Kier molecular flexibility index (Phi) is 2.60. The van der Waals surface area contributed by atoms with Crippen LogP contribution in [-0.4, -0.2) is 0 Å². The first kappa shape index (κ1) is 11.5. The van der Waals surface area contributed by atoms with Crippen molar-refractivity contribution in [1.29, 1.82) is 10.5 Å². The molecule has 0 atom stereocenters. The first-order valence-corrected chi connectivity index (χ1v) is 6.08. The number of hydrogen-bond acceptors (Lipinski definition) is 2. The van der Waals surface area contributed by atoms with Crippen molar-refractivity contribution in [3.05, 3.63) is 58.6 Å². The van der Waals surface area contributed by atoms with Crippen LogP contribution >= 0.6 is 11.6 Å². The zero-order valence-electron chi connectivity index (χ0n) is 9.81. The number of nitriles is 2. The van der Waals surface area contributed by atoms with Crippen molar-refractivity contribution in [2.24, 2.45) is 0 Å². The highest BCUT2D eigenvalue weighted by molar-refractivity contribution is 6.32. The molecule has 0 saturated heterocycles. The van der Waals surface area contributed by atoms with Gasteiger partial charge in [0.25, 0.3) is 0 Å². The van der Waals surface area contributed by atoms with Crippen molar-refractivity contribution >= 4 is 33.1 Å². The summed E-state index contributed by atoms with van der Waals surface area (Å²) in [6.45, 7) is 0. The Morgan fingerprint density at radius 1 is 0.737 bits per heavy atom. The quantitative estimate of drug-likeness (QED) is 0.564. The number of rotatable bonds is 0. The lowest BCUT2D eigenvalue weighted by atomic mass is 9.93. The van der Waals surface area contributed by atoms with Crippen LogP contribution in [0.1, 0.15) is 11.1 Å². The van der Waals surface area contributed by atoms with Crippen molar-refractivity contribution in [3.63, 3.8) is 0 Å². The van der Waals surface area contributed by atoms with Gasteiger partial charge in [-0.05, 0) is 22.9 Å². The molecule has 3 rings (SSSR count). The van der Waals surface area contributed by atoms with Crippen molar-refractivity contribution in [2.45, 2.75) is 0 Å². The molecule has 0 unspecified atom stereocenters. The maximum absolute atomic E-state index is 9.34. The summed E-state index contributed by atoms with van der Waals surface area (Å²) in [5.41, 5.74) is 0.834. The molecule has 19 heavy (non-hydrogen) atoms. The van der Waals surface area contributed by atoms with Gasteiger partial charge < -0.3 is 0 Å². The van der Waals surface area contributed by atoms with E-state index >= 15 is 0 Å². The predicted molar refractivity (Wildman–Crippen MR) is 75.9 cm³/mol. The largest absolute Gasteiger partial charge is 0.192 e. The molecule has 0 fully saturated rings. The maximum atomic E-state index is 9.34. The Labute approximate surface area is 115 Å². The minimum atomic E-state index is 0.410. The van der Waals surface area contributed by atoms with E-state index in [-0.39, 0.29) is 0 Å². The number of benzene rings is 3. The third-order valence-corrected chi connectivity index (χ3v) is 3.45. The Hall–Kier alpha value is -2.55. The normalized spacial score (nSPS) is 10.3. The van der Waals surface area contributed by atoms with Gasteiger partial charge in [0.05, 0.1) is 11.1 Å². The standard InChI is InChI=1S/C16H7ClN2/c17-10-5-6-13-14(7-10)11-3-1-2-4-12(11)15(8-18)16(13)9-19/h1-7H. The van der Waals surface area contributed by atoms with Gasteiger partial charge in [-0.25, -0.2) is 0 Å². The molecule has 3 aromatic carbocycles. The fourth-order valence-corrected chi connectivity index (χ4v) is 2.57. The lowest BCUT2D eigenvalue weighted by Gasteiger charge is -2.09. The second kappa shape index (κ2) is 4.28. The summed E-state index contributed by atoms with van der Waals surface area (Å²) in [6.07, 6.45) is 0. The average molecular weight is 263 g/mol. The molecular formula is C16H7ClN2. The Bertz CT molecular complexity index is 898. The third kappa shape index (κ3) is 1.63. The molecule has 0 aromatic heterocycles. The van der Waals surface area contributed by atoms with Crippen LogP contribution in [0.3, 0.4) is 0 Å². The van der Waals surface area contributed by atoms with Crippen LogP contribution in [-0.2, 0) is 0 Å². The Morgan fingerprint density at radius 3 is 1.95 bits per heavy atom. The molecule has 0 aliphatic rings. The molecule has 0 aliphatic heterocycles. The van der Waals surface area contributed by atoms with Gasteiger partial charge in [0, 0.05) is 15.8 Å². The Balaban J connectivity index is 2.71. The molecule has 3 heteroatoms. The van der Waals surface area contributed by atoms with E-state index in [4.69, 9.17) is 11.6 Å². The van der Waals surface area contributed by atoms with E-state index in [2.05, 4.69) is 12.1 Å². The van der Waals surface area contributed by atoms with E-state index in [0.29, 0.717) is 16.1 Å². The predicted octanol–water partition coefficient (Wildman–Crippen LogP) is 4.39. The van der Waals surface area contributed by atoms with E-state index in [1.807, 2.05) is 30.3 Å². The van der Waals surface area contributed by atoms with Gasteiger partial charge in [0.2, 0.25) is 0 Å². The summed E-state index contributed by atoms with van der Waals surface area (Å²) in [5.74, 6) is 0. The summed E-state index contributed by atoms with van der Waals surface area (Å²) < 4.78 is 0. The molecule has 0 aliphatic carbocycles. The zero-order chi connectivity index (χ0) is 13.4. The molecule has 0 amide bonds. The molecule has 0 N–H and O–H groups in total. The molecule has 0 heterocycles. The minimum absolute atomic E-state index is 0.410. The van der Waals surface area contributed by atoms with Crippen molar-refractivity contribution in [1.82, 2.24) is 0 Å². The van der Waals surface area contributed by atoms with Crippen LogP contribution in [0.25, 0.3) is 21.5 Å². The first-order valence-electron chi connectivity index (χ1n) is 5.70. The number of hydrogen-bond donors (Lipinski definition) is 0. The van der Waals surface area contributed by atoms with E-state index in [1.54, 1.807) is 12.1 Å². The fraction of sp³-hybridized carbons (Fsp3) is 0. The first-order chi connectivity index (χ1) is 9.26. The summed E-state index contributed by atoms with van der Waals surface area (Å²) in [5, 5.41) is 22.7. The second-order valence-electron chi connectivity index (χ2n) is 4.21. The molecule has 0 saturated carbocycles. The molecule has 0 bridgehead atoms. The topological polar surface area (TPSA) is 47.6 Å². The van der Waals surface area contributed by atoms with Gasteiger partial charge in [-0.1, -0.05) is 41.9 Å². The highest BCUT2D eigenvalue weighted by atomic mass is 35.5. The van der Waals surface area contributed by atoms with Crippen molar-refractivity contribution in [3.8, 4) is 12.1 Å². The fourth-order valence-electron chi connectivity index (χ4n) is 2.39. The zero-order valence-corrected chi connectivity index (χ0v) is 10.6. The van der Waals surface area contributed by atoms with Gasteiger partial charge >= 0.3 is 0 Å². The van der Waals surface area contributed by atoms with Crippen LogP contribution in [0.5, 0.6) is 0 Å². The van der Waals surface area contributed by atoms with E-state index in [0.717, 1.165) is 21.5 Å². The van der Waals surface area contributed by atoms with Gasteiger partial charge in [0.1, 0.15) is 12.1 Å². The van der Waals surface area contributed by atoms with Crippen molar-refractivity contribution in [2.75, 3.05) is 0 Å². The molecule has 2 nitrogen and oxygen atoms in total. The Morgan fingerprint density at radius 2 is 1.32 bits per heavy atom. The summed E-state index contributed by atoms with van der Waals surface area (Å²) >= 11 is 6.04. The van der Waals surface area contributed by atoms with Crippen LogP contribution < -0.4 is 0 Å². The highest BCUT2D eigenvalue weighted by Crippen LogP contribution is 2.33. The molecular weight excluding hydrogens is 256 g/mol. The molecule has 0 spiro atoms. The van der Waals surface area contributed by atoms with E-state index in [1.165, 1.54) is 0 Å². The van der Waals surface area contributed by atoms with E-state index in [9.17, 15) is 10.5 Å². The van der Waals surface area contributed by atoms with Gasteiger partial charge in [-0.2, -0.15) is 10.5 Å². The van der Waals surface area contributed by atoms with Crippen molar-refractivity contribution < 1.29 is 0 Å². The van der Waals surface area contributed by atoms with Gasteiger partial charge in [0.15, 0.2) is 0 Å². The molecule has 0 radical (unpaired) electrons. The lowest BCUT2D eigenvalue weighted by molar-refractivity contribution is 1.47. The van der Waals surface area contributed by atoms with Gasteiger partial charge in [-0.15, -0.1) is 0 Å². The third-order valence-electron chi connectivity index (χ3n) is 3.21. The SMILES string of the molecule is N#Cc1c(C#N)c2ccc(Cl)cc2c2ccccc12. The van der Waals surface area contributed by atoms with Crippen LogP contribution in [0.2, 0.25) is 5.02 Å². The molecule has 88 valence electrons. The van der Waals surface area contributed by atoms with Crippen LogP contribution in [0.15, 0.2) is 42.5 Å². The molecule has 3 aromatic rings. The summed E-state index contributed by atoms with van der Waals surface area (Å²) in [4.78, 5) is 0. The number of halogens is 1. The summed E-state index contributed by atoms with van der Waals surface area (Å²) in [7, 11) is 0. The lowest BCUT2D eigenvalue weighted by Crippen LogP contribution is -1.90. The monoisotopic (exact) mass is 262 g/mol. The van der Waals surface area contributed by atoms with Crippen LogP contribution in [0, 0.1) is 22.7 Å². The summed E-state index contributed by atoms with van der Waals surface area (Å²) in [6, 6.07) is 17.2. The maximum Gasteiger partial charge on any atom is 0.101 e. The number of fused-ring (bicyclic) bond motifs is 3. The van der Waals surface area contributed by atoms with Gasteiger partial charge in [-0.3, -0.25) is 0 Å². The smallest absolute Gasteiger partial charge is 0.101 e. The second-order valence-corrected chi connectivity index (χ2v) is 4.65. The minimum Gasteiger partial charge on any atom is -0.192 e. The number of nitrogens with zero attached hydrogens (tertiary/aromatic N) is 2. The van der Waals surface area contributed by atoms with Crippen LogP contribution in [0.4, 0.5) is 0 Å².